The maximum atomic E-state index is 5.80. The lowest BCUT2D eigenvalue weighted by molar-refractivity contribution is 0.407. The van der Waals surface area contributed by atoms with Crippen LogP contribution in [0.2, 0.25) is 0 Å². The number of aryl methyl sites for hydroxylation is 1. The molecular formula is C17H15N3O2. The fourth-order valence-electron chi connectivity index (χ4n) is 1.99. The monoisotopic (exact) mass is 293 g/mol. The lowest BCUT2D eigenvalue weighted by atomic mass is 10.3. The van der Waals surface area contributed by atoms with Gasteiger partial charge in [-0.15, -0.1) is 0 Å². The van der Waals surface area contributed by atoms with E-state index in [1.807, 2.05) is 43.3 Å². The molecule has 0 spiro atoms. The zero-order chi connectivity index (χ0) is 15.4. The Morgan fingerprint density at radius 1 is 0.909 bits per heavy atom. The summed E-state index contributed by atoms with van der Waals surface area (Å²) in [4.78, 5) is 13.1. The number of rotatable bonds is 4. The third-order valence-corrected chi connectivity index (χ3v) is 2.99. The minimum atomic E-state index is 0.474. The first-order valence-electron chi connectivity index (χ1n) is 6.83. The van der Waals surface area contributed by atoms with Gasteiger partial charge < -0.3 is 9.47 Å². The summed E-state index contributed by atoms with van der Waals surface area (Å²) in [6, 6.07) is 14.8. The molecule has 110 valence electrons. The lowest BCUT2D eigenvalue weighted by Gasteiger charge is -2.08. The maximum Gasteiger partial charge on any atom is 0.223 e. The molecule has 0 amide bonds. The van der Waals surface area contributed by atoms with Crippen LogP contribution in [0.5, 0.6) is 17.4 Å². The van der Waals surface area contributed by atoms with Crippen molar-refractivity contribution >= 4 is 0 Å². The third-order valence-electron chi connectivity index (χ3n) is 2.99. The average molecular weight is 293 g/mol. The molecule has 0 aliphatic carbocycles. The molecule has 0 saturated heterocycles. The lowest BCUT2D eigenvalue weighted by Crippen LogP contribution is -1.97. The van der Waals surface area contributed by atoms with Gasteiger partial charge in [-0.25, -0.2) is 4.98 Å². The van der Waals surface area contributed by atoms with Crippen molar-refractivity contribution in [1.29, 1.82) is 0 Å². The molecule has 0 N–H and O–H groups in total. The van der Waals surface area contributed by atoms with Crippen LogP contribution < -0.4 is 9.47 Å². The van der Waals surface area contributed by atoms with E-state index in [0.29, 0.717) is 23.1 Å². The normalized spacial score (nSPS) is 10.3. The second-order valence-corrected chi connectivity index (χ2v) is 4.67. The second-order valence-electron chi connectivity index (χ2n) is 4.67. The Labute approximate surface area is 128 Å². The molecule has 5 nitrogen and oxygen atoms in total. The van der Waals surface area contributed by atoms with Gasteiger partial charge in [-0.1, -0.05) is 12.1 Å². The SMILES string of the molecule is COc1cccc(Oc2cc(C)nc(-c3ccccn3)n2)c1. The Bertz CT molecular complexity index is 776. The van der Waals surface area contributed by atoms with Crippen LogP contribution >= 0.6 is 0 Å². The number of aromatic nitrogens is 3. The van der Waals surface area contributed by atoms with Crippen molar-refractivity contribution in [2.24, 2.45) is 0 Å². The smallest absolute Gasteiger partial charge is 0.223 e. The fraction of sp³-hybridized carbons (Fsp3) is 0.118. The standard InChI is InChI=1S/C17H15N3O2/c1-12-10-16(22-14-7-5-6-13(11-14)21-2)20-17(19-12)15-8-3-4-9-18-15/h3-11H,1-2H3. The molecule has 0 fully saturated rings. The molecule has 1 aromatic carbocycles. The highest BCUT2D eigenvalue weighted by Gasteiger charge is 2.08. The molecule has 0 aliphatic rings. The molecule has 5 heteroatoms. The van der Waals surface area contributed by atoms with Crippen LogP contribution in [0.1, 0.15) is 5.69 Å². The molecule has 0 unspecified atom stereocenters. The van der Waals surface area contributed by atoms with Gasteiger partial charge in [-0.2, -0.15) is 4.98 Å². The Morgan fingerprint density at radius 2 is 1.77 bits per heavy atom. The first-order chi connectivity index (χ1) is 10.7. The van der Waals surface area contributed by atoms with E-state index in [-0.39, 0.29) is 0 Å². The van der Waals surface area contributed by atoms with Crippen LogP contribution in [0, 0.1) is 6.92 Å². The van der Waals surface area contributed by atoms with E-state index in [1.54, 1.807) is 25.4 Å². The number of methoxy groups -OCH3 is 1. The number of pyridine rings is 1. The average Bonchev–Trinajstić information content (AvgIpc) is 2.55. The van der Waals surface area contributed by atoms with Crippen LogP contribution in [0.25, 0.3) is 11.5 Å². The molecule has 0 bridgehead atoms. The van der Waals surface area contributed by atoms with Crippen molar-refractivity contribution in [2.75, 3.05) is 7.11 Å². The number of benzene rings is 1. The van der Waals surface area contributed by atoms with Gasteiger partial charge in [0.1, 0.15) is 17.2 Å². The first-order valence-corrected chi connectivity index (χ1v) is 6.83. The van der Waals surface area contributed by atoms with Gasteiger partial charge in [-0.3, -0.25) is 4.98 Å². The Balaban J connectivity index is 1.92. The summed E-state index contributed by atoms with van der Waals surface area (Å²) >= 11 is 0. The van der Waals surface area contributed by atoms with E-state index in [4.69, 9.17) is 9.47 Å². The Morgan fingerprint density at radius 3 is 2.55 bits per heavy atom. The van der Waals surface area contributed by atoms with E-state index in [0.717, 1.165) is 11.4 Å². The van der Waals surface area contributed by atoms with E-state index < -0.39 is 0 Å². The van der Waals surface area contributed by atoms with E-state index in [1.165, 1.54) is 0 Å². The number of ether oxygens (including phenoxy) is 2. The van der Waals surface area contributed by atoms with Gasteiger partial charge in [-0.05, 0) is 31.2 Å². The highest BCUT2D eigenvalue weighted by atomic mass is 16.5. The minimum Gasteiger partial charge on any atom is -0.497 e. The third kappa shape index (κ3) is 3.20. The number of hydrogen-bond acceptors (Lipinski definition) is 5. The van der Waals surface area contributed by atoms with Crippen LogP contribution in [0.3, 0.4) is 0 Å². The van der Waals surface area contributed by atoms with Crippen LogP contribution in [-0.2, 0) is 0 Å². The van der Waals surface area contributed by atoms with Gasteiger partial charge in [0, 0.05) is 24.0 Å². The van der Waals surface area contributed by atoms with Crippen molar-refractivity contribution in [3.05, 3.63) is 60.4 Å². The van der Waals surface area contributed by atoms with Gasteiger partial charge >= 0.3 is 0 Å². The van der Waals surface area contributed by atoms with Crippen molar-refractivity contribution < 1.29 is 9.47 Å². The van der Waals surface area contributed by atoms with E-state index in [2.05, 4.69) is 15.0 Å². The molecule has 0 radical (unpaired) electrons. The molecular weight excluding hydrogens is 278 g/mol. The summed E-state index contributed by atoms with van der Waals surface area (Å²) in [7, 11) is 1.62. The predicted molar refractivity (Wildman–Crippen MR) is 83.1 cm³/mol. The summed E-state index contributed by atoms with van der Waals surface area (Å²) in [5, 5.41) is 0. The minimum absolute atomic E-state index is 0.474. The van der Waals surface area contributed by atoms with Crippen LogP contribution in [0.15, 0.2) is 54.7 Å². The molecule has 0 saturated carbocycles. The summed E-state index contributed by atoms with van der Waals surface area (Å²) in [6.07, 6.45) is 1.71. The molecule has 0 atom stereocenters. The van der Waals surface area contributed by atoms with Crippen molar-refractivity contribution in [1.82, 2.24) is 15.0 Å². The first kappa shape index (κ1) is 14.0. The zero-order valence-electron chi connectivity index (χ0n) is 12.4. The van der Waals surface area contributed by atoms with Crippen LogP contribution in [0.4, 0.5) is 0 Å². The molecule has 2 heterocycles. The highest BCUT2D eigenvalue weighted by molar-refractivity contribution is 5.49. The Kier molecular flexibility index (Phi) is 3.96. The summed E-state index contributed by atoms with van der Waals surface area (Å²) in [5.41, 5.74) is 1.52. The molecule has 3 rings (SSSR count). The van der Waals surface area contributed by atoms with Crippen molar-refractivity contribution in [3.63, 3.8) is 0 Å². The predicted octanol–water partition coefficient (Wildman–Crippen LogP) is 3.65. The summed E-state index contributed by atoms with van der Waals surface area (Å²) in [5.74, 6) is 2.40. The zero-order valence-corrected chi connectivity index (χ0v) is 12.4. The second kappa shape index (κ2) is 6.22. The van der Waals surface area contributed by atoms with Gasteiger partial charge in [0.2, 0.25) is 5.88 Å². The van der Waals surface area contributed by atoms with Crippen molar-refractivity contribution in [3.8, 4) is 28.9 Å². The van der Waals surface area contributed by atoms with Gasteiger partial charge in [0.15, 0.2) is 5.82 Å². The maximum absolute atomic E-state index is 5.80. The largest absolute Gasteiger partial charge is 0.497 e. The quantitative estimate of drug-likeness (QED) is 0.735. The van der Waals surface area contributed by atoms with Gasteiger partial charge in [0.05, 0.1) is 7.11 Å². The molecule has 3 aromatic rings. The summed E-state index contributed by atoms with van der Waals surface area (Å²) < 4.78 is 11.0. The molecule has 22 heavy (non-hydrogen) atoms. The number of nitrogens with zero attached hydrogens (tertiary/aromatic N) is 3. The van der Waals surface area contributed by atoms with E-state index >= 15 is 0 Å². The summed E-state index contributed by atoms with van der Waals surface area (Å²) in [6.45, 7) is 1.90. The van der Waals surface area contributed by atoms with Crippen LogP contribution in [-0.4, -0.2) is 22.1 Å². The fourth-order valence-corrected chi connectivity index (χ4v) is 1.99. The van der Waals surface area contributed by atoms with Gasteiger partial charge in [0.25, 0.3) is 0 Å². The van der Waals surface area contributed by atoms with E-state index in [9.17, 15) is 0 Å². The topological polar surface area (TPSA) is 57.1 Å². The number of hydrogen-bond donors (Lipinski definition) is 0. The van der Waals surface area contributed by atoms with Crippen molar-refractivity contribution in [2.45, 2.75) is 6.92 Å². The Hall–Kier alpha value is -2.95. The molecule has 2 aromatic heterocycles. The highest BCUT2D eigenvalue weighted by Crippen LogP contribution is 2.25. The molecule has 0 aliphatic heterocycles.